The zero-order valence-electron chi connectivity index (χ0n) is 12.2. The zero-order valence-corrected chi connectivity index (χ0v) is 12.2. The number of carbonyl (C=O) groups excluding carboxylic acids is 1. The lowest BCUT2D eigenvalue weighted by atomic mass is 10.0. The van der Waals surface area contributed by atoms with Gasteiger partial charge in [0, 0.05) is 18.3 Å². The van der Waals surface area contributed by atoms with Gasteiger partial charge in [-0.2, -0.15) is 0 Å². The lowest BCUT2D eigenvalue weighted by Gasteiger charge is -2.15. The Kier molecular flexibility index (Phi) is 3.70. The Hall–Kier alpha value is -2.21. The third kappa shape index (κ3) is 2.80. The van der Waals surface area contributed by atoms with Gasteiger partial charge < -0.3 is 15.2 Å². The van der Waals surface area contributed by atoms with Crippen molar-refractivity contribution in [3.63, 3.8) is 0 Å². The summed E-state index contributed by atoms with van der Waals surface area (Å²) in [6, 6.07) is 7.56. The van der Waals surface area contributed by atoms with Crippen molar-refractivity contribution in [2.24, 2.45) is 13.0 Å². The molecule has 1 saturated heterocycles. The summed E-state index contributed by atoms with van der Waals surface area (Å²) in [6.45, 7) is 3.00. The molecule has 2 unspecified atom stereocenters. The number of hydrogen-bond acceptors (Lipinski definition) is 4. The van der Waals surface area contributed by atoms with Crippen molar-refractivity contribution in [1.29, 1.82) is 0 Å². The Labute approximate surface area is 123 Å². The largest absolute Gasteiger partial charge is 0.325 e. The number of benzene rings is 1. The number of amides is 1. The Morgan fingerprint density at radius 3 is 3.00 bits per heavy atom. The van der Waals surface area contributed by atoms with E-state index >= 15 is 0 Å². The molecule has 1 aliphatic heterocycles. The van der Waals surface area contributed by atoms with Gasteiger partial charge in [0.1, 0.15) is 6.33 Å². The predicted molar refractivity (Wildman–Crippen MR) is 80.6 cm³/mol. The minimum atomic E-state index is -0.108. The van der Waals surface area contributed by atoms with Crippen molar-refractivity contribution in [2.75, 3.05) is 11.9 Å². The number of carbonyl (C=O) groups is 1. The van der Waals surface area contributed by atoms with Crippen LogP contribution >= 0.6 is 0 Å². The fraction of sp³-hybridized carbons (Fsp3) is 0.400. The number of aryl methyl sites for hydroxylation is 1. The predicted octanol–water partition coefficient (Wildman–Crippen LogP) is 1.42. The Morgan fingerprint density at radius 1 is 1.48 bits per heavy atom. The number of aromatic nitrogens is 3. The third-order valence-electron chi connectivity index (χ3n) is 3.92. The molecule has 0 radical (unpaired) electrons. The maximum Gasteiger partial charge on any atom is 0.241 e. The molecule has 1 aromatic carbocycles. The van der Waals surface area contributed by atoms with E-state index in [1.54, 1.807) is 6.33 Å². The molecule has 110 valence electrons. The van der Waals surface area contributed by atoms with Crippen molar-refractivity contribution in [2.45, 2.75) is 19.4 Å². The van der Waals surface area contributed by atoms with Crippen LogP contribution in [-0.4, -0.2) is 33.3 Å². The summed E-state index contributed by atoms with van der Waals surface area (Å²) in [7, 11) is 1.89. The molecule has 1 aromatic heterocycles. The molecule has 21 heavy (non-hydrogen) atoms. The molecule has 0 saturated carbocycles. The Morgan fingerprint density at radius 2 is 2.33 bits per heavy atom. The fourth-order valence-corrected chi connectivity index (χ4v) is 2.69. The smallest absolute Gasteiger partial charge is 0.241 e. The molecule has 2 atom stereocenters. The third-order valence-corrected chi connectivity index (χ3v) is 3.92. The van der Waals surface area contributed by atoms with Crippen LogP contribution in [-0.2, 0) is 11.8 Å². The molecule has 1 aliphatic rings. The van der Waals surface area contributed by atoms with Gasteiger partial charge in [0.25, 0.3) is 0 Å². The highest BCUT2D eigenvalue weighted by atomic mass is 16.2. The monoisotopic (exact) mass is 285 g/mol. The van der Waals surface area contributed by atoms with Gasteiger partial charge in [0.15, 0.2) is 5.82 Å². The summed E-state index contributed by atoms with van der Waals surface area (Å²) < 4.78 is 1.85. The second kappa shape index (κ2) is 5.65. The van der Waals surface area contributed by atoms with E-state index in [-0.39, 0.29) is 11.9 Å². The van der Waals surface area contributed by atoms with Crippen molar-refractivity contribution >= 4 is 11.6 Å². The topological polar surface area (TPSA) is 71.8 Å². The van der Waals surface area contributed by atoms with Gasteiger partial charge in [-0.3, -0.25) is 4.79 Å². The first-order valence-electron chi connectivity index (χ1n) is 7.14. The number of nitrogens with one attached hydrogen (secondary N) is 2. The molecule has 0 aliphatic carbocycles. The molecule has 1 fully saturated rings. The minimum absolute atomic E-state index is 0.0233. The first kappa shape index (κ1) is 13.8. The Bertz CT molecular complexity index is 651. The molecule has 0 bridgehead atoms. The van der Waals surface area contributed by atoms with E-state index < -0.39 is 0 Å². The van der Waals surface area contributed by atoms with Crippen LogP contribution in [0.25, 0.3) is 11.4 Å². The fourth-order valence-electron chi connectivity index (χ4n) is 2.69. The molecule has 2 N–H and O–H groups in total. The van der Waals surface area contributed by atoms with Crippen LogP contribution in [0.5, 0.6) is 0 Å². The number of rotatable bonds is 3. The van der Waals surface area contributed by atoms with E-state index in [4.69, 9.17) is 0 Å². The van der Waals surface area contributed by atoms with Gasteiger partial charge in [-0.25, -0.2) is 0 Å². The zero-order chi connectivity index (χ0) is 14.8. The summed E-state index contributed by atoms with van der Waals surface area (Å²) >= 11 is 0. The van der Waals surface area contributed by atoms with Crippen LogP contribution in [0.15, 0.2) is 30.6 Å². The average molecular weight is 285 g/mol. The molecule has 6 heteroatoms. The summed E-state index contributed by atoms with van der Waals surface area (Å²) in [6.07, 6.45) is 2.70. The highest BCUT2D eigenvalue weighted by Gasteiger charge is 2.29. The number of hydrogen-bond donors (Lipinski definition) is 2. The lowest BCUT2D eigenvalue weighted by Crippen LogP contribution is -2.39. The average Bonchev–Trinajstić information content (AvgIpc) is 3.07. The lowest BCUT2D eigenvalue weighted by molar-refractivity contribution is -0.118. The molecule has 1 amide bonds. The van der Waals surface area contributed by atoms with E-state index in [1.807, 2.05) is 35.9 Å². The highest BCUT2D eigenvalue weighted by molar-refractivity contribution is 5.95. The van der Waals surface area contributed by atoms with Gasteiger partial charge in [-0.15, -0.1) is 10.2 Å². The van der Waals surface area contributed by atoms with E-state index in [2.05, 4.69) is 27.8 Å². The van der Waals surface area contributed by atoms with Crippen molar-refractivity contribution < 1.29 is 4.79 Å². The standard InChI is InChI=1S/C15H19N5O/c1-10-6-7-16-13(10)15(21)18-12-5-3-4-11(8-12)14-19-17-9-20(14)2/h3-5,8-10,13,16H,6-7H2,1-2H3,(H,18,21). The summed E-state index contributed by atoms with van der Waals surface area (Å²) in [5.41, 5.74) is 1.71. The van der Waals surface area contributed by atoms with Crippen LogP contribution in [0, 0.1) is 5.92 Å². The van der Waals surface area contributed by atoms with E-state index in [9.17, 15) is 4.79 Å². The second-order valence-corrected chi connectivity index (χ2v) is 5.53. The molecular weight excluding hydrogens is 266 g/mol. The number of anilines is 1. The normalized spacial score (nSPS) is 21.4. The molecule has 3 rings (SSSR count). The van der Waals surface area contributed by atoms with Gasteiger partial charge in [0.2, 0.25) is 5.91 Å². The quantitative estimate of drug-likeness (QED) is 0.894. The maximum absolute atomic E-state index is 12.3. The summed E-state index contributed by atoms with van der Waals surface area (Å²) in [5, 5.41) is 14.2. The van der Waals surface area contributed by atoms with E-state index in [1.165, 1.54) is 0 Å². The van der Waals surface area contributed by atoms with Crippen LogP contribution in [0.2, 0.25) is 0 Å². The van der Waals surface area contributed by atoms with Gasteiger partial charge in [-0.05, 0) is 31.0 Å². The van der Waals surface area contributed by atoms with Crippen molar-refractivity contribution in [3.05, 3.63) is 30.6 Å². The number of nitrogens with zero attached hydrogens (tertiary/aromatic N) is 3. The van der Waals surface area contributed by atoms with Crippen LogP contribution in [0.3, 0.4) is 0 Å². The first-order valence-corrected chi connectivity index (χ1v) is 7.14. The molecule has 2 heterocycles. The molecular formula is C15H19N5O. The van der Waals surface area contributed by atoms with E-state index in [0.29, 0.717) is 5.92 Å². The molecule has 0 spiro atoms. The first-order chi connectivity index (χ1) is 10.1. The SMILES string of the molecule is CC1CCNC1C(=O)Nc1cccc(-c2nncn2C)c1. The van der Waals surface area contributed by atoms with E-state index in [0.717, 1.165) is 30.0 Å². The van der Waals surface area contributed by atoms with Gasteiger partial charge in [-0.1, -0.05) is 19.1 Å². The minimum Gasteiger partial charge on any atom is -0.325 e. The van der Waals surface area contributed by atoms with Crippen molar-refractivity contribution in [3.8, 4) is 11.4 Å². The van der Waals surface area contributed by atoms with Gasteiger partial charge in [0.05, 0.1) is 6.04 Å². The van der Waals surface area contributed by atoms with Crippen molar-refractivity contribution in [1.82, 2.24) is 20.1 Å². The maximum atomic E-state index is 12.3. The second-order valence-electron chi connectivity index (χ2n) is 5.53. The van der Waals surface area contributed by atoms with Crippen LogP contribution in [0.4, 0.5) is 5.69 Å². The highest BCUT2D eigenvalue weighted by Crippen LogP contribution is 2.21. The van der Waals surface area contributed by atoms with Crippen LogP contribution in [0.1, 0.15) is 13.3 Å². The van der Waals surface area contributed by atoms with Gasteiger partial charge >= 0.3 is 0 Å². The summed E-state index contributed by atoms with van der Waals surface area (Å²) in [4.78, 5) is 12.3. The Balaban J connectivity index is 1.77. The molecule has 6 nitrogen and oxygen atoms in total. The summed E-state index contributed by atoms with van der Waals surface area (Å²) in [5.74, 6) is 1.17. The van der Waals surface area contributed by atoms with Crippen LogP contribution < -0.4 is 10.6 Å². The molecule has 2 aromatic rings.